The summed E-state index contributed by atoms with van der Waals surface area (Å²) in [5.74, 6) is -1.39. The van der Waals surface area contributed by atoms with Gasteiger partial charge in [-0.05, 0) is 29.8 Å². The Bertz CT molecular complexity index is 786. The first kappa shape index (κ1) is 17.1. The molecule has 1 fully saturated rings. The van der Waals surface area contributed by atoms with Gasteiger partial charge >= 0.3 is 0 Å². The van der Waals surface area contributed by atoms with Crippen LogP contribution in [0, 0.1) is 11.6 Å². The average Bonchev–Trinajstić information content (AvgIpc) is 2.62. The highest BCUT2D eigenvalue weighted by Gasteiger charge is 2.26. The summed E-state index contributed by atoms with van der Waals surface area (Å²) >= 11 is 0. The minimum Gasteiger partial charge on any atom is -0.339 e. The van der Waals surface area contributed by atoms with Crippen LogP contribution in [0.15, 0.2) is 48.5 Å². The first-order chi connectivity index (χ1) is 12.0. The van der Waals surface area contributed by atoms with Crippen molar-refractivity contribution >= 4 is 11.8 Å². The number of carbonyl (C=O) groups is 2. The highest BCUT2D eigenvalue weighted by atomic mass is 19.1. The zero-order valence-corrected chi connectivity index (χ0v) is 13.6. The molecule has 0 N–H and O–H groups in total. The molecule has 0 unspecified atom stereocenters. The number of rotatable bonds is 3. The highest BCUT2D eigenvalue weighted by Crippen LogP contribution is 2.13. The number of hydrogen-bond acceptors (Lipinski definition) is 2. The van der Waals surface area contributed by atoms with Crippen LogP contribution in [0.3, 0.4) is 0 Å². The predicted octanol–water partition coefficient (Wildman–Crippen LogP) is 2.49. The van der Waals surface area contributed by atoms with Gasteiger partial charge < -0.3 is 9.80 Å². The van der Waals surface area contributed by atoms with Crippen LogP contribution in [0.2, 0.25) is 0 Å². The molecule has 2 aromatic carbocycles. The monoisotopic (exact) mass is 344 g/mol. The molecule has 0 radical (unpaired) electrons. The van der Waals surface area contributed by atoms with Gasteiger partial charge in [-0.15, -0.1) is 0 Å². The number of piperazine rings is 1. The van der Waals surface area contributed by atoms with Crippen molar-refractivity contribution in [2.75, 3.05) is 26.2 Å². The van der Waals surface area contributed by atoms with Gasteiger partial charge in [0.05, 0.1) is 12.0 Å². The topological polar surface area (TPSA) is 40.6 Å². The zero-order chi connectivity index (χ0) is 17.8. The number of hydrogen-bond donors (Lipinski definition) is 0. The van der Waals surface area contributed by atoms with Crippen molar-refractivity contribution in [3.05, 3.63) is 71.3 Å². The fourth-order valence-corrected chi connectivity index (χ4v) is 2.90. The number of halogens is 2. The van der Waals surface area contributed by atoms with Gasteiger partial charge in [-0.3, -0.25) is 9.59 Å². The molecule has 2 aromatic rings. The molecule has 1 aliphatic rings. The van der Waals surface area contributed by atoms with Crippen LogP contribution in [0.5, 0.6) is 0 Å². The fraction of sp³-hybridized carbons (Fsp3) is 0.263. The summed E-state index contributed by atoms with van der Waals surface area (Å²) in [6, 6.07) is 11.8. The van der Waals surface area contributed by atoms with Crippen LogP contribution >= 0.6 is 0 Å². The second-order valence-corrected chi connectivity index (χ2v) is 5.96. The van der Waals surface area contributed by atoms with Crippen LogP contribution in [0.1, 0.15) is 15.9 Å². The summed E-state index contributed by atoms with van der Waals surface area (Å²) in [4.78, 5) is 27.9. The summed E-state index contributed by atoms with van der Waals surface area (Å²) in [6.07, 6.45) is 0.124. The number of carbonyl (C=O) groups excluding carboxylic acids is 2. The maximum Gasteiger partial charge on any atom is 0.256 e. The van der Waals surface area contributed by atoms with Gasteiger partial charge in [0.15, 0.2) is 0 Å². The Hall–Kier alpha value is -2.76. The van der Waals surface area contributed by atoms with Gasteiger partial charge in [0, 0.05) is 26.2 Å². The second kappa shape index (κ2) is 7.42. The molecule has 0 atom stereocenters. The van der Waals surface area contributed by atoms with E-state index in [1.165, 1.54) is 30.3 Å². The molecular formula is C19H18F2N2O2. The maximum absolute atomic E-state index is 13.7. The van der Waals surface area contributed by atoms with E-state index in [4.69, 9.17) is 0 Å². The number of benzene rings is 2. The molecule has 0 aromatic heterocycles. The van der Waals surface area contributed by atoms with E-state index in [9.17, 15) is 18.4 Å². The van der Waals surface area contributed by atoms with Crippen molar-refractivity contribution in [3.63, 3.8) is 0 Å². The van der Waals surface area contributed by atoms with Crippen molar-refractivity contribution in [2.24, 2.45) is 0 Å². The molecule has 1 heterocycles. The van der Waals surface area contributed by atoms with Gasteiger partial charge in [-0.2, -0.15) is 0 Å². The molecule has 0 saturated carbocycles. The molecule has 2 amide bonds. The van der Waals surface area contributed by atoms with Gasteiger partial charge in [0.2, 0.25) is 5.91 Å². The maximum atomic E-state index is 13.7. The molecule has 1 saturated heterocycles. The Labute approximate surface area is 144 Å². The van der Waals surface area contributed by atoms with Crippen molar-refractivity contribution in [1.29, 1.82) is 0 Å². The molecule has 3 rings (SSSR count). The van der Waals surface area contributed by atoms with E-state index in [1.54, 1.807) is 28.0 Å². The van der Waals surface area contributed by atoms with Gasteiger partial charge in [0.25, 0.3) is 5.91 Å². The quantitative estimate of drug-likeness (QED) is 0.858. The standard InChI is InChI=1S/C19H18F2N2O2/c20-15-5-3-4-14(12-15)13-18(24)22-8-10-23(11-9-22)19(25)16-6-1-2-7-17(16)21/h1-7,12H,8-11,13H2. The zero-order valence-electron chi connectivity index (χ0n) is 13.6. The predicted molar refractivity (Wildman–Crippen MR) is 89.0 cm³/mol. The molecule has 130 valence electrons. The molecule has 1 aliphatic heterocycles. The molecule has 4 nitrogen and oxygen atoms in total. The van der Waals surface area contributed by atoms with E-state index in [1.807, 2.05) is 0 Å². The fourth-order valence-electron chi connectivity index (χ4n) is 2.90. The summed E-state index contributed by atoms with van der Waals surface area (Å²) in [5.41, 5.74) is 0.664. The lowest BCUT2D eigenvalue weighted by Gasteiger charge is -2.35. The second-order valence-electron chi connectivity index (χ2n) is 5.96. The summed E-state index contributed by atoms with van der Waals surface area (Å²) in [5, 5.41) is 0. The molecule has 0 spiro atoms. The van der Waals surface area contributed by atoms with E-state index in [0.717, 1.165) is 0 Å². The van der Waals surface area contributed by atoms with Crippen LogP contribution < -0.4 is 0 Å². The van der Waals surface area contributed by atoms with Crippen LogP contribution in [0.4, 0.5) is 8.78 Å². The van der Waals surface area contributed by atoms with E-state index in [2.05, 4.69) is 0 Å². The Balaban J connectivity index is 1.57. The first-order valence-corrected chi connectivity index (χ1v) is 8.10. The Kier molecular flexibility index (Phi) is 5.07. The van der Waals surface area contributed by atoms with Crippen molar-refractivity contribution in [2.45, 2.75) is 6.42 Å². The van der Waals surface area contributed by atoms with Gasteiger partial charge in [-0.1, -0.05) is 24.3 Å². The van der Waals surface area contributed by atoms with Crippen LogP contribution in [0.25, 0.3) is 0 Å². The molecule has 0 bridgehead atoms. The van der Waals surface area contributed by atoms with Gasteiger partial charge in [-0.25, -0.2) is 8.78 Å². The lowest BCUT2D eigenvalue weighted by atomic mass is 10.1. The van der Waals surface area contributed by atoms with E-state index in [0.29, 0.717) is 31.7 Å². The minimum absolute atomic E-state index is 0.0436. The number of nitrogens with zero attached hydrogens (tertiary/aromatic N) is 2. The normalized spacial score (nSPS) is 14.5. The van der Waals surface area contributed by atoms with Crippen molar-refractivity contribution < 1.29 is 18.4 Å². The summed E-state index contributed by atoms with van der Waals surface area (Å²) in [7, 11) is 0. The lowest BCUT2D eigenvalue weighted by molar-refractivity contribution is -0.131. The SMILES string of the molecule is O=C(Cc1cccc(F)c1)N1CCN(C(=O)c2ccccc2F)CC1. The Morgan fingerprint density at radius 3 is 2.24 bits per heavy atom. The molecule has 6 heteroatoms. The third-order valence-corrected chi connectivity index (χ3v) is 4.27. The van der Waals surface area contributed by atoms with Crippen molar-refractivity contribution in [1.82, 2.24) is 9.80 Å². The highest BCUT2D eigenvalue weighted by molar-refractivity contribution is 5.94. The lowest BCUT2D eigenvalue weighted by Crippen LogP contribution is -2.51. The third-order valence-electron chi connectivity index (χ3n) is 4.27. The third kappa shape index (κ3) is 4.02. The summed E-state index contributed by atoms with van der Waals surface area (Å²) < 4.78 is 26.9. The Morgan fingerprint density at radius 2 is 1.56 bits per heavy atom. The number of amides is 2. The van der Waals surface area contributed by atoms with E-state index >= 15 is 0 Å². The smallest absolute Gasteiger partial charge is 0.256 e. The van der Waals surface area contributed by atoms with E-state index in [-0.39, 0.29) is 29.6 Å². The van der Waals surface area contributed by atoms with Crippen molar-refractivity contribution in [3.8, 4) is 0 Å². The first-order valence-electron chi connectivity index (χ1n) is 8.10. The van der Waals surface area contributed by atoms with Crippen LogP contribution in [-0.4, -0.2) is 47.8 Å². The minimum atomic E-state index is -0.544. The summed E-state index contributed by atoms with van der Waals surface area (Å²) in [6.45, 7) is 1.47. The Morgan fingerprint density at radius 1 is 0.880 bits per heavy atom. The largest absolute Gasteiger partial charge is 0.339 e. The molecule has 0 aliphatic carbocycles. The molecular weight excluding hydrogens is 326 g/mol. The molecule has 25 heavy (non-hydrogen) atoms. The van der Waals surface area contributed by atoms with E-state index < -0.39 is 5.82 Å². The average molecular weight is 344 g/mol. The van der Waals surface area contributed by atoms with Crippen LogP contribution in [-0.2, 0) is 11.2 Å². The van der Waals surface area contributed by atoms with Gasteiger partial charge in [0.1, 0.15) is 11.6 Å².